The van der Waals surface area contributed by atoms with Crippen LogP contribution in [0.5, 0.6) is 0 Å². The predicted molar refractivity (Wildman–Crippen MR) is 82.1 cm³/mol. The number of hydrogen-bond donors (Lipinski definition) is 1. The molecule has 2 rings (SSSR count). The van der Waals surface area contributed by atoms with Gasteiger partial charge in [0.1, 0.15) is 0 Å². The first-order valence-electron chi connectivity index (χ1n) is 7.64. The first-order valence-corrected chi connectivity index (χ1v) is 7.64. The highest BCUT2D eigenvalue weighted by Crippen LogP contribution is 2.21. The van der Waals surface area contributed by atoms with Gasteiger partial charge in [-0.15, -0.1) is 0 Å². The minimum atomic E-state index is -0.964. The predicted octanol–water partition coefficient (Wildman–Crippen LogP) is 1.78. The largest absolute Gasteiger partial charge is 0.467 e. The topological polar surface area (TPSA) is 49.8 Å². The molecule has 0 aromatic heterocycles. The van der Waals surface area contributed by atoms with Crippen LogP contribution < -0.4 is 0 Å². The summed E-state index contributed by atoms with van der Waals surface area (Å²) in [5.74, 6) is -0.471. The molecule has 0 spiro atoms. The van der Waals surface area contributed by atoms with Crippen LogP contribution in [-0.2, 0) is 16.0 Å². The number of carbonyl (C=O) groups is 1. The molecule has 1 saturated heterocycles. The number of ether oxygens (including phenoxy) is 1. The lowest BCUT2D eigenvalue weighted by molar-refractivity contribution is -0.154. The molecule has 1 fully saturated rings. The first-order chi connectivity index (χ1) is 10.1. The molecule has 1 aromatic carbocycles. The molecule has 1 heterocycles. The number of hydrogen-bond acceptors (Lipinski definition) is 4. The van der Waals surface area contributed by atoms with E-state index in [4.69, 9.17) is 0 Å². The van der Waals surface area contributed by atoms with E-state index >= 15 is 0 Å². The van der Waals surface area contributed by atoms with Crippen molar-refractivity contribution in [1.82, 2.24) is 4.90 Å². The number of aliphatic hydroxyl groups excluding tert-OH is 1. The van der Waals surface area contributed by atoms with Crippen molar-refractivity contribution in [3.63, 3.8) is 0 Å². The van der Waals surface area contributed by atoms with Crippen LogP contribution in [0.25, 0.3) is 0 Å². The van der Waals surface area contributed by atoms with Gasteiger partial charge in [-0.25, -0.2) is 4.79 Å². The van der Waals surface area contributed by atoms with Crippen LogP contribution in [0.15, 0.2) is 24.3 Å². The van der Waals surface area contributed by atoms with Crippen LogP contribution in [0.4, 0.5) is 0 Å². The van der Waals surface area contributed by atoms with Crippen LogP contribution in [0.3, 0.4) is 0 Å². The van der Waals surface area contributed by atoms with Crippen LogP contribution in [-0.4, -0.2) is 48.8 Å². The monoisotopic (exact) mass is 291 g/mol. The fraction of sp³-hybridized carbons (Fsp3) is 0.588. The number of nitrogens with zero attached hydrogens (tertiary/aromatic N) is 1. The molecule has 21 heavy (non-hydrogen) atoms. The number of rotatable bonds is 5. The van der Waals surface area contributed by atoms with Gasteiger partial charge in [-0.05, 0) is 50.8 Å². The number of benzene rings is 1. The van der Waals surface area contributed by atoms with E-state index < -0.39 is 12.1 Å². The number of methoxy groups -OCH3 is 1. The van der Waals surface area contributed by atoms with Crippen LogP contribution in [0, 0.1) is 12.8 Å². The standard InChI is InChI=1S/C17H25NO3/c1-13-3-5-14(6-4-13)7-10-18-11-8-15(9-12-18)16(19)17(20)21-2/h3-6,15-16,19H,7-12H2,1-2H3. The Hall–Kier alpha value is -1.39. The number of aryl methyl sites for hydroxylation is 1. The second kappa shape index (κ2) is 7.57. The molecule has 0 bridgehead atoms. The van der Waals surface area contributed by atoms with Gasteiger partial charge in [0.05, 0.1) is 7.11 Å². The van der Waals surface area contributed by atoms with Crippen molar-refractivity contribution in [3.05, 3.63) is 35.4 Å². The van der Waals surface area contributed by atoms with Gasteiger partial charge in [0.2, 0.25) is 0 Å². The van der Waals surface area contributed by atoms with Crippen molar-refractivity contribution >= 4 is 5.97 Å². The van der Waals surface area contributed by atoms with Gasteiger partial charge in [-0.3, -0.25) is 0 Å². The van der Waals surface area contributed by atoms with E-state index in [-0.39, 0.29) is 5.92 Å². The third-order valence-corrected chi connectivity index (χ3v) is 4.36. The SMILES string of the molecule is COC(=O)C(O)C1CCN(CCc2ccc(C)cc2)CC1. The fourth-order valence-corrected chi connectivity index (χ4v) is 2.85. The Morgan fingerprint density at radius 3 is 2.52 bits per heavy atom. The summed E-state index contributed by atoms with van der Waals surface area (Å²) in [5, 5.41) is 9.87. The molecule has 116 valence electrons. The summed E-state index contributed by atoms with van der Waals surface area (Å²) in [7, 11) is 1.32. The molecular formula is C17H25NO3. The Balaban J connectivity index is 1.74. The molecule has 4 nitrogen and oxygen atoms in total. The lowest BCUT2D eigenvalue weighted by Gasteiger charge is -2.33. The second-order valence-electron chi connectivity index (χ2n) is 5.88. The van der Waals surface area contributed by atoms with E-state index in [2.05, 4.69) is 40.8 Å². The van der Waals surface area contributed by atoms with E-state index in [9.17, 15) is 9.90 Å². The van der Waals surface area contributed by atoms with E-state index in [0.29, 0.717) is 0 Å². The van der Waals surface area contributed by atoms with Crippen LogP contribution >= 0.6 is 0 Å². The van der Waals surface area contributed by atoms with Gasteiger partial charge in [-0.1, -0.05) is 29.8 Å². The summed E-state index contributed by atoms with van der Waals surface area (Å²) in [6.45, 7) is 5.00. The van der Waals surface area contributed by atoms with Crippen LogP contribution in [0.2, 0.25) is 0 Å². The third kappa shape index (κ3) is 4.55. The Morgan fingerprint density at radius 1 is 1.33 bits per heavy atom. The third-order valence-electron chi connectivity index (χ3n) is 4.36. The average Bonchev–Trinajstić information content (AvgIpc) is 2.53. The molecular weight excluding hydrogens is 266 g/mol. The summed E-state index contributed by atoms with van der Waals surface area (Å²) >= 11 is 0. The highest BCUT2D eigenvalue weighted by atomic mass is 16.5. The van der Waals surface area contributed by atoms with Crippen molar-refractivity contribution in [2.75, 3.05) is 26.7 Å². The molecule has 0 saturated carbocycles. The molecule has 1 unspecified atom stereocenters. The quantitative estimate of drug-likeness (QED) is 0.840. The summed E-state index contributed by atoms with van der Waals surface area (Å²) in [4.78, 5) is 13.7. The van der Waals surface area contributed by atoms with Crippen molar-refractivity contribution in [1.29, 1.82) is 0 Å². The van der Waals surface area contributed by atoms with Crippen molar-refractivity contribution in [2.45, 2.75) is 32.3 Å². The zero-order valence-corrected chi connectivity index (χ0v) is 12.9. The van der Waals surface area contributed by atoms with Crippen molar-refractivity contribution < 1.29 is 14.6 Å². The summed E-state index contributed by atoms with van der Waals surface area (Å²) in [6, 6.07) is 8.66. The van der Waals surface area contributed by atoms with Gasteiger partial charge in [0, 0.05) is 6.54 Å². The molecule has 1 aromatic rings. The molecule has 1 N–H and O–H groups in total. The van der Waals surface area contributed by atoms with Crippen molar-refractivity contribution in [2.24, 2.45) is 5.92 Å². The zero-order chi connectivity index (χ0) is 15.2. The average molecular weight is 291 g/mol. The minimum absolute atomic E-state index is 0.0353. The molecule has 1 aliphatic heterocycles. The summed E-state index contributed by atoms with van der Waals surface area (Å²) in [6.07, 6.45) is 1.79. The van der Waals surface area contributed by atoms with Gasteiger partial charge >= 0.3 is 5.97 Å². The first kappa shape index (κ1) is 16.0. The molecule has 1 aliphatic rings. The lowest BCUT2D eigenvalue weighted by Crippen LogP contribution is -2.41. The number of likely N-dealkylation sites (tertiary alicyclic amines) is 1. The van der Waals surface area contributed by atoms with E-state index in [1.54, 1.807) is 0 Å². The molecule has 0 aliphatic carbocycles. The maximum Gasteiger partial charge on any atom is 0.334 e. The zero-order valence-electron chi connectivity index (χ0n) is 12.9. The van der Waals surface area contributed by atoms with Gasteiger partial charge < -0.3 is 14.7 Å². The smallest absolute Gasteiger partial charge is 0.334 e. The maximum atomic E-state index is 11.3. The van der Waals surface area contributed by atoms with Crippen molar-refractivity contribution in [3.8, 4) is 0 Å². The maximum absolute atomic E-state index is 11.3. The number of piperidine rings is 1. The molecule has 1 atom stereocenters. The van der Waals surface area contributed by atoms with Gasteiger partial charge in [0.25, 0.3) is 0 Å². The number of aliphatic hydroxyl groups is 1. The highest BCUT2D eigenvalue weighted by Gasteiger charge is 2.30. The van der Waals surface area contributed by atoms with Crippen LogP contribution in [0.1, 0.15) is 24.0 Å². The molecule has 0 amide bonds. The van der Waals surface area contributed by atoms with E-state index in [1.807, 2.05) is 0 Å². The molecule has 4 heteroatoms. The Labute approximate surface area is 126 Å². The van der Waals surface area contributed by atoms with E-state index in [0.717, 1.165) is 38.9 Å². The fourth-order valence-electron chi connectivity index (χ4n) is 2.85. The van der Waals surface area contributed by atoms with Gasteiger partial charge in [-0.2, -0.15) is 0 Å². The minimum Gasteiger partial charge on any atom is -0.467 e. The Kier molecular flexibility index (Phi) is 5.76. The Morgan fingerprint density at radius 2 is 1.95 bits per heavy atom. The van der Waals surface area contributed by atoms with Gasteiger partial charge in [0.15, 0.2) is 6.10 Å². The summed E-state index contributed by atoms with van der Waals surface area (Å²) < 4.78 is 4.60. The lowest BCUT2D eigenvalue weighted by atomic mass is 9.91. The highest BCUT2D eigenvalue weighted by molar-refractivity contribution is 5.74. The number of esters is 1. The van der Waals surface area contributed by atoms with E-state index in [1.165, 1.54) is 18.2 Å². The second-order valence-corrected chi connectivity index (χ2v) is 5.88. The summed E-state index contributed by atoms with van der Waals surface area (Å²) in [5.41, 5.74) is 2.65. The normalized spacial score (nSPS) is 18.4. The number of carbonyl (C=O) groups excluding carboxylic acids is 1. The Bertz CT molecular complexity index is 450. The molecule has 0 radical (unpaired) electrons.